The number of nitrogens with two attached hydrogens (primary N) is 1. The van der Waals surface area contributed by atoms with Crippen molar-refractivity contribution in [1.29, 1.82) is 0 Å². The monoisotopic (exact) mass is 306 g/mol. The first-order valence-electron chi connectivity index (χ1n) is 7.10. The Bertz CT molecular complexity index is 655. The van der Waals surface area contributed by atoms with Crippen LogP contribution in [0, 0.1) is 5.92 Å². The zero-order valence-corrected chi connectivity index (χ0v) is 12.5. The molecule has 6 nitrogen and oxygen atoms in total. The van der Waals surface area contributed by atoms with Crippen LogP contribution in [0.15, 0.2) is 12.3 Å². The van der Waals surface area contributed by atoms with Crippen molar-refractivity contribution in [3.05, 3.63) is 17.1 Å². The van der Waals surface area contributed by atoms with Crippen molar-refractivity contribution < 1.29 is 9.90 Å². The molecule has 1 fully saturated rings. The summed E-state index contributed by atoms with van der Waals surface area (Å²) in [5.41, 5.74) is 6.59. The molecule has 1 unspecified atom stereocenters. The summed E-state index contributed by atoms with van der Waals surface area (Å²) < 4.78 is 0. The third kappa shape index (κ3) is 2.71. The quantitative estimate of drug-likeness (QED) is 0.896. The fourth-order valence-corrected chi connectivity index (χ4v) is 3.85. The van der Waals surface area contributed by atoms with Crippen molar-refractivity contribution >= 4 is 33.1 Å². The summed E-state index contributed by atoms with van der Waals surface area (Å²) in [6, 6.07) is 1.79. The van der Waals surface area contributed by atoms with Gasteiger partial charge in [0, 0.05) is 25.1 Å². The number of hydrogen-bond donors (Lipinski definition) is 2. The summed E-state index contributed by atoms with van der Waals surface area (Å²) in [5.74, 6) is 0.348. The van der Waals surface area contributed by atoms with E-state index in [2.05, 4.69) is 10.2 Å². The standard InChI is InChI=1S/C14H18N4O2S/c15-11-10-3-5-16-17-13(10)21-12(11)14(20)18-6-1-2-9(8-18)4-7-19/h3,5,9,19H,1-2,4,6-8,15H2. The number of aromatic nitrogens is 2. The Hall–Kier alpha value is -1.73. The van der Waals surface area contributed by atoms with Crippen LogP contribution in [0.4, 0.5) is 5.69 Å². The molecule has 0 spiro atoms. The Kier molecular flexibility index (Phi) is 4.03. The van der Waals surface area contributed by atoms with Gasteiger partial charge in [-0.15, -0.1) is 16.4 Å². The third-order valence-electron chi connectivity index (χ3n) is 3.96. The number of aliphatic hydroxyl groups is 1. The van der Waals surface area contributed by atoms with Crippen LogP contribution in [0.1, 0.15) is 28.9 Å². The van der Waals surface area contributed by atoms with Crippen LogP contribution in [-0.4, -0.2) is 45.8 Å². The summed E-state index contributed by atoms with van der Waals surface area (Å²) in [4.78, 5) is 15.8. The number of piperidine rings is 1. The number of aliphatic hydroxyl groups excluding tert-OH is 1. The molecule has 0 bridgehead atoms. The first-order chi connectivity index (χ1) is 10.2. The highest BCUT2D eigenvalue weighted by molar-refractivity contribution is 7.21. The summed E-state index contributed by atoms with van der Waals surface area (Å²) in [5, 5.41) is 17.7. The summed E-state index contributed by atoms with van der Waals surface area (Å²) in [7, 11) is 0. The lowest BCUT2D eigenvalue weighted by Crippen LogP contribution is -2.40. The molecule has 3 heterocycles. The molecular formula is C14H18N4O2S. The summed E-state index contributed by atoms with van der Waals surface area (Å²) in [6.45, 7) is 1.62. The molecule has 21 heavy (non-hydrogen) atoms. The maximum Gasteiger partial charge on any atom is 0.266 e. The zero-order chi connectivity index (χ0) is 14.8. The number of hydrogen-bond acceptors (Lipinski definition) is 6. The highest BCUT2D eigenvalue weighted by atomic mass is 32.1. The fraction of sp³-hybridized carbons (Fsp3) is 0.500. The van der Waals surface area contributed by atoms with Gasteiger partial charge in [-0.05, 0) is 31.2 Å². The third-order valence-corrected chi connectivity index (χ3v) is 5.05. The molecule has 1 amide bonds. The van der Waals surface area contributed by atoms with Crippen molar-refractivity contribution in [3.8, 4) is 0 Å². The smallest absolute Gasteiger partial charge is 0.266 e. The van der Waals surface area contributed by atoms with Gasteiger partial charge in [0.15, 0.2) is 0 Å². The lowest BCUT2D eigenvalue weighted by Gasteiger charge is -2.32. The molecule has 2 aromatic rings. The molecule has 3 rings (SSSR count). The van der Waals surface area contributed by atoms with Gasteiger partial charge in [-0.25, -0.2) is 0 Å². The van der Waals surface area contributed by atoms with Crippen LogP contribution in [0.2, 0.25) is 0 Å². The number of rotatable bonds is 3. The minimum atomic E-state index is -0.0295. The Morgan fingerprint density at radius 3 is 3.19 bits per heavy atom. The number of amides is 1. The first kappa shape index (κ1) is 14.2. The topological polar surface area (TPSA) is 92.3 Å². The van der Waals surface area contributed by atoms with Gasteiger partial charge in [0.05, 0.1) is 11.9 Å². The molecule has 0 radical (unpaired) electrons. The molecule has 7 heteroatoms. The Morgan fingerprint density at radius 1 is 1.57 bits per heavy atom. The molecule has 0 saturated carbocycles. The van der Waals surface area contributed by atoms with E-state index in [4.69, 9.17) is 10.8 Å². The molecule has 1 aliphatic heterocycles. The number of nitrogens with zero attached hydrogens (tertiary/aromatic N) is 3. The second-order valence-corrected chi connectivity index (χ2v) is 6.37. The minimum Gasteiger partial charge on any atom is -0.397 e. The minimum absolute atomic E-state index is 0.0295. The molecule has 0 aliphatic carbocycles. The second kappa shape index (κ2) is 5.95. The van der Waals surface area contributed by atoms with Crippen molar-refractivity contribution in [3.63, 3.8) is 0 Å². The molecule has 3 N–H and O–H groups in total. The lowest BCUT2D eigenvalue weighted by atomic mass is 9.95. The lowest BCUT2D eigenvalue weighted by molar-refractivity contribution is 0.0659. The molecule has 1 aliphatic rings. The van der Waals surface area contributed by atoms with E-state index >= 15 is 0 Å². The van der Waals surface area contributed by atoms with Crippen LogP contribution in [0.25, 0.3) is 10.2 Å². The number of nitrogen functional groups attached to an aromatic ring is 1. The molecule has 0 aromatic carbocycles. The predicted octanol–water partition coefficient (Wildman–Crippen LogP) is 1.51. The first-order valence-corrected chi connectivity index (χ1v) is 7.92. The highest BCUT2D eigenvalue weighted by Crippen LogP contribution is 2.33. The van der Waals surface area contributed by atoms with E-state index in [-0.39, 0.29) is 12.5 Å². The zero-order valence-electron chi connectivity index (χ0n) is 11.7. The van der Waals surface area contributed by atoms with Gasteiger partial charge < -0.3 is 15.7 Å². The average Bonchev–Trinajstić information content (AvgIpc) is 2.85. The fourth-order valence-electron chi connectivity index (χ4n) is 2.84. The molecule has 1 saturated heterocycles. The average molecular weight is 306 g/mol. The summed E-state index contributed by atoms with van der Waals surface area (Å²) in [6.07, 6.45) is 4.37. The van der Waals surface area contributed by atoms with Gasteiger partial charge in [-0.3, -0.25) is 4.79 Å². The number of likely N-dealkylation sites (tertiary alicyclic amines) is 1. The Labute approximate surface area is 126 Å². The summed E-state index contributed by atoms with van der Waals surface area (Å²) >= 11 is 1.30. The van der Waals surface area contributed by atoms with E-state index in [0.717, 1.165) is 31.2 Å². The number of fused-ring (bicyclic) bond motifs is 1. The van der Waals surface area contributed by atoms with E-state index in [1.54, 1.807) is 12.3 Å². The molecule has 112 valence electrons. The van der Waals surface area contributed by atoms with Gasteiger partial charge >= 0.3 is 0 Å². The Morgan fingerprint density at radius 2 is 2.43 bits per heavy atom. The molecule has 2 aromatic heterocycles. The van der Waals surface area contributed by atoms with E-state index in [1.165, 1.54) is 11.3 Å². The largest absolute Gasteiger partial charge is 0.397 e. The molecular weight excluding hydrogens is 288 g/mol. The predicted molar refractivity (Wildman–Crippen MR) is 82.2 cm³/mol. The number of thiophene rings is 1. The van der Waals surface area contributed by atoms with E-state index < -0.39 is 0 Å². The van der Waals surface area contributed by atoms with Crippen LogP contribution in [0.5, 0.6) is 0 Å². The number of carbonyl (C=O) groups is 1. The Balaban J connectivity index is 1.84. The van der Waals surface area contributed by atoms with Gasteiger partial charge in [0.25, 0.3) is 5.91 Å². The van der Waals surface area contributed by atoms with Crippen molar-refractivity contribution in [1.82, 2.24) is 15.1 Å². The van der Waals surface area contributed by atoms with Crippen molar-refractivity contribution in [2.24, 2.45) is 5.92 Å². The van der Waals surface area contributed by atoms with Gasteiger partial charge in [0.2, 0.25) is 0 Å². The van der Waals surface area contributed by atoms with Crippen LogP contribution < -0.4 is 5.73 Å². The SMILES string of the molecule is Nc1c(C(=O)N2CCCC(CCO)C2)sc2nnccc12. The van der Waals surface area contributed by atoms with Crippen LogP contribution in [0.3, 0.4) is 0 Å². The van der Waals surface area contributed by atoms with Crippen molar-refractivity contribution in [2.75, 3.05) is 25.4 Å². The van der Waals surface area contributed by atoms with Gasteiger partial charge in [0.1, 0.15) is 9.71 Å². The second-order valence-electron chi connectivity index (χ2n) is 5.37. The highest BCUT2D eigenvalue weighted by Gasteiger charge is 2.27. The van der Waals surface area contributed by atoms with Gasteiger partial charge in [-0.1, -0.05) is 0 Å². The normalized spacial score (nSPS) is 19.1. The van der Waals surface area contributed by atoms with Crippen molar-refractivity contribution in [2.45, 2.75) is 19.3 Å². The van der Waals surface area contributed by atoms with Crippen LogP contribution in [-0.2, 0) is 0 Å². The van der Waals surface area contributed by atoms with Crippen LogP contribution >= 0.6 is 11.3 Å². The van der Waals surface area contributed by atoms with Gasteiger partial charge in [-0.2, -0.15) is 5.10 Å². The number of carbonyl (C=O) groups excluding carboxylic acids is 1. The van der Waals surface area contributed by atoms with E-state index in [0.29, 0.717) is 27.9 Å². The van der Waals surface area contributed by atoms with E-state index in [9.17, 15) is 4.79 Å². The van der Waals surface area contributed by atoms with E-state index in [1.807, 2.05) is 4.90 Å². The molecule has 1 atom stereocenters. The maximum absolute atomic E-state index is 12.7. The number of anilines is 1. The maximum atomic E-state index is 12.7.